The number of hydrogen-bond acceptors (Lipinski definition) is 1. The molecule has 0 unspecified atom stereocenters. The van der Waals surface area contributed by atoms with Crippen LogP contribution in [0.25, 0.3) is 0 Å². The van der Waals surface area contributed by atoms with Gasteiger partial charge in [0.1, 0.15) is 17.7 Å². The lowest BCUT2D eigenvalue weighted by Crippen LogP contribution is -1.77. The van der Waals surface area contributed by atoms with Crippen molar-refractivity contribution in [2.75, 3.05) is 0 Å². The zero-order valence-corrected chi connectivity index (χ0v) is 4.74. The van der Waals surface area contributed by atoms with Crippen LogP contribution in [0.5, 0.6) is 0 Å². The summed E-state index contributed by atoms with van der Waals surface area (Å²) in [6.45, 7) is -0.591. The van der Waals surface area contributed by atoms with Crippen LogP contribution in [0.4, 0.5) is 4.39 Å². The van der Waals surface area contributed by atoms with Crippen LogP contribution in [0.3, 0.4) is 0 Å². The molecule has 0 spiro atoms. The number of imidazole rings is 1. The maximum atomic E-state index is 11.6. The second-order valence-electron chi connectivity index (χ2n) is 1.31. The first-order valence-corrected chi connectivity index (χ1v) is 2.46. The molecule has 0 saturated heterocycles. The lowest BCUT2D eigenvalue weighted by atomic mass is 10.7. The van der Waals surface area contributed by atoms with Crippen LogP contribution >= 0.6 is 11.6 Å². The predicted molar refractivity (Wildman–Crippen MR) is 28.4 cm³/mol. The molecule has 2 nitrogen and oxygen atoms in total. The molecule has 0 aromatic carbocycles. The van der Waals surface area contributed by atoms with E-state index in [0.29, 0.717) is 5.15 Å². The van der Waals surface area contributed by atoms with Gasteiger partial charge in [0.2, 0.25) is 0 Å². The van der Waals surface area contributed by atoms with Crippen molar-refractivity contribution in [3.63, 3.8) is 0 Å². The third-order valence-electron chi connectivity index (χ3n) is 0.724. The van der Waals surface area contributed by atoms with E-state index >= 15 is 0 Å². The Hall–Kier alpha value is -0.570. The number of H-pyrrole nitrogens is 1. The number of aromatic amines is 1. The molecule has 44 valence electrons. The van der Waals surface area contributed by atoms with E-state index in [0.717, 1.165) is 0 Å². The largest absolute Gasteiger partial charge is 0.331 e. The Bertz CT molecular complexity index is 174. The summed E-state index contributed by atoms with van der Waals surface area (Å²) >= 11 is 5.35. The standard InChI is InChI=1S/C4H4ClFN2/c5-3-2-7-4(1-6)8-3/h2H,1H2,(H,7,8). The molecule has 0 bridgehead atoms. The summed E-state index contributed by atoms with van der Waals surface area (Å²) in [7, 11) is 0. The maximum absolute atomic E-state index is 11.6. The highest BCUT2D eigenvalue weighted by molar-refractivity contribution is 6.29. The van der Waals surface area contributed by atoms with Gasteiger partial charge < -0.3 is 4.98 Å². The summed E-state index contributed by atoms with van der Waals surface area (Å²) in [5.41, 5.74) is 0. The first-order chi connectivity index (χ1) is 3.83. The summed E-state index contributed by atoms with van der Waals surface area (Å²) < 4.78 is 11.6. The van der Waals surface area contributed by atoms with Crippen LogP contribution < -0.4 is 0 Å². The number of nitrogens with zero attached hydrogens (tertiary/aromatic N) is 1. The normalized spacial score (nSPS) is 9.75. The van der Waals surface area contributed by atoms with Crippen LogP contribution in [-0.4, -0.2) is 9.97 Å². The van der Waals surface area contributed by atoms with Gasteiger partial charge in [-0.25, -0.2) is 9.37 Å². The van der Waals surface area contributed by atoms with E-state index in [9.17, 15) is 4.39 Å². The van der Waals surface area contributed by atoms with Crippen molar-refractivity contribution in [1.82, 2.24) is 9.97 Å². The average molecular weight is 135 g/mol. The molecule has 1 aromatic rings. The first-order valence-electron chi connectivity index (χ1n) is 2.08. The van der Waals surface area contributed by atoms with Gasteiger partial charge in [0, 0.05) is 0 Å². The van der Waals surface area contributed by atoms with Crippen LogP contribution in [0.2, 0.25) is 5.15 Å². The Morgan fingerprint density at radius 2 is 2.62 bits per heavy atom. The quantitative estimate of drug-likeness (QED) is 0.620. The third-order valence-corrected chi connectivity index (χ3v) is 0.916. The lowest BCUT2D eigenvalue weighted by molar-refractivity contribution is 0.468. The smallest absolute Gasteiger partial charge is 0.147 e. The van der Waals surface area contributed by atoms with Gasteiger partial charge in [0.05, 0.1) is 6.20 Å². The van der Waals surface area contributed by atoms with Crippen molar-refractivity contribution in [3.8, 4) is 0 Å². The van der Waals surface area contributed by atoms with Gasteiger partial charge in [-0.1, -0.05) is 11.6 Å². The maximum Gasteiger partial charge on any atom is 0.147 e. The molecular formula is C4H4ClFN2. The number of aromatic nitrogens is 2. The molecule has 0 amide bonds. The van der Waals surface area contributed by atoms with Crippen LogP contribution in [-0.2, 0) is 6.67 Å². The second-order valence-corrected chi connectivity index (χ2v) is 1.72. The van der Waals surface area contributed by atoms with E-state index in [1.807, 2.05) is 0 Å². The molecule has 4 heteroatoms. The number of halogens is 2. The Morgan fingerprint density at radius 1 is 1.88 bits per heavy atom. The summed E-state index contributed by atoms with van der Waals surface area (Å²) in [4.78, 5) is 6.08. The predicted octanol–water partition coefficient (Wildman–Crippen LogP) is 1.53. The number of rotatable bonds is 1. The molecule has 0 aliphatic carbocycles. The molecule has 8 heavy (non-hydrogen) atoms. The van der Waals surface area contributed by atoms with E-state index in [1.165, 1.54) is 6.20 Å². The van der Waals surface area contributed by atoms with Crippen molar-refractivity contribution >= 4 is 11.6 Å². The molecule has 0 aliphatic rings. The minimum Gasteiger partial charge on any atom is -0.331 e. The molecule has 0 aliphatic heterocycles. The van der Waals surface area contributed by atoms with Gasteiger partial charge in [-0.2, -0.15) is 0 Å². The Labute approximate surface area is 50.7 Å². The van der Waals surface area contributed by atoms with E-state index in [1.54, 1.807) is 0 Å². The topological polar surface area (TPSA) is 28.7 Å². The number of alkyl halides is 1. The molecule has 0 saturated carbocycles. The van der Waals surface area contributed by atoms with Crippen LogP contribution in [0.1, 0.15) is 5.82 Å². The van der Waals surface area contributed by atoms with E-state index in [4.69, 9.17) is 11.6 Å². The Morgan fingerprint density at radius 3 is 2.88 bits per heavy atom. The highest BCUT2D eigenvalue weighted by atomic mass is 35.5. The number of nitrogens with one attached hydrogen (secondary N) is 1. The highest BCUT2D eigenvalue weighted by Crippen LogP contribution is 2.03. The fraction of sp³-hybridized carbons (Fsp3) is 0.250. The van der Waals surface area contributed by atoms with Gasteiger partial charge in [0.15, 0.2) is 0 Å². The van der Waals surface area contributed by atoms with Gasteiger partial charge >= 0.3 is 0 Å². The van der Waals surface area contributed by atoms with Gasteiger partial charge in [-0.15, -0.1) is 0 Å². The fourth-order valence-corrected chi connectivity index (χ4v) is 0.563. The minimum absolute atomic E-state index is 0.273. The SMILES string of the molecule is FCc1ncc(Cl)[nH]1. The van der Waals surface area contributed by atoms with Crippen molar-refractivity contribution < 1.29 is 4.39 Å². The molecule has 0 radical (unpaired) electrons. The van der Waals surface area contributed by atoms with E-state index < -0.39 is 6.67 Å². The van der Waals surface area contributed by atoms with Crippen molar-refractivity contribution in [2.24, 2.45) is 0 Å². The molecule has 1 rings (SSSR count). The fourth-order valence-electron chi connectivity index (χ4n) is 0.405. The molecule has 1 N–H and O–H groups in total. The monoisotopic (exact) mass is 134 g/mol. The van der Waals surface area contributed by atoms with Crippen LogP contribution in [0, 0.1) is 0 Å². The first kappa shape index (κ1) is 5.56. The molecule has 1 aromatic heterocycles. The molecule has 0 atom stereocenters. The van der Waals surface area contributed by atoms with Crippen LogP contribution in [0.15, 0.2) is 6.20 Å². The van der Waals surface area contributed by atoms with Crippen molar-refractivity contribution in [1.29, 1.82) is 0 Å². The summed E-state index contributed by atoms with van der Waals surface area (Å²) in [5, 5.41) is 0.373. The molecular weight excluding hydrogens is 131 g/mol. The summed E-state index contributed by atoms with van der Waals surface area (Å²) in [6.07, 6.45) is 1.37. The zero-order valence-electron chi connectivity index (χ0n) is 3.99. The Kier molecular flexibility index (Phi) is 1.48. The van der Waals surface area contributed by atoms with E-state index in [-0.39, 0.29) is 5.82 Å². The van der Waals surface area contributed by atoms with E-state index in [2.05, 4.69) is 9.97 Å². The summed E-state index contributed by atoms with van der Waals surface area (Å²) in [6, 6.07) is 0. The van der Waals surface area contributed by atoms with Crippen molar-refractivity contribution in [3.05, 3.63) is 17.2 Å². The number of hydrogen-bond donors (Lipinski definition) is 1. The lowest BCUT2D eigenvalue weighted by Gasteiger charge is -1.78. The molecule has 1 heterocycles. The van der Waals surface area contributed by atoms with Gasteiger partial charge in [-0.3, -0.25) is 0 Å². The summed E-state index contributed by atoms with van der Waals surface area (Å²) in [5.74, 6) is 0.273. The zero-order chi connectivity index (χ0) is 5.98. The highest BCUT2D eigenvalue weighted by Gasteiger charge is 1.93. The van der Waals surface area contributed by atoms with Gasteiger partial charge in [-0.05, 0) is 0 Å². The van der Waals surface area contributed by atoms with Crippen molar-refractivity contribution in [2.45, 2.75) is 6.67 Å². The van der Waals surface area contributed by atoms with Gasteiger partial charge in [0.25, 0.3) is 0 Å². The molecule has 0 fully saturated rings. The Balaban J connectivity index is 2.84. The minimum atomic E-state index is -0.591. The average Bonchev–Trinajstić information content (AvgIpc) is 2.14. The second kappa shape index (κ2) is 2.13. The third kappa shape index (κ3) is 0.980.